The summed E-state index contributed by atoms with van der Waals surface area (Å²) in [5, 5.41) is 2.39. The lowest BCUT2D eigenvalue weighted by Gasteiger charge is -2.13. The van der Waals surface area contributed by atoms with E-state index in [0.29, 0.717) is 10.7 Å². The molecule has 0 radical (unpaired) electrons. The Morgan fingerprint density at radius 3 is 2.50 bits per heavy atom. The van der Waals surface area contributed by atoms with Crippen LogP contribution < -0.4 is 9.47 Å². The largest absolute Gasteiger partial charge is 0.573 e. The topological polar surface area (TPSA) is 31.4 Å². The predicted octanol–water partition coefficient (Wildman–Crippen LogP) is 4.36. The van der Waals surface area contributed by atoms with E-state index in [1.54, 1.807) is 11.4 Å². The lowest BCUT2D eigenvalue weighted by molar-refractivity contribution is -0.275. The normalized spacial score (nSPS) is 11.4. The first-order valence-corrected chi connectivity index (χ1v) is 6.86. The van der Waals surface area contributed by atoms with E-state index >= 15 is 0 Å². The predicted molar refractivity (Wildman–Crippen MR) is 69.1 cm³/mol. The van der Waals surface area contributed by atoms with E-state index in [1.165, 1.54) is 29.5 Å². The van der Waals surface area contributed by atoms with Crippen LogP contribution in [0.25, 0.3) is 0 Å². The van der Waals surface area contributed by atoms with Gasteiger partial charge in [0.05, 0.1) is 11.6 Å². The average molecular weight is 324 g/mol. The summed E-state index contributed by atoms with van der Waals surface area (Å²) in [5.74, 6) is -0.0915. The van der Waals surface area contributed by atoms with Gasteiger partial charge in [-0.2, -0.15) is 0 Å². The molecule has 0 N–H and O–H groups in total. The highest BCUT2D eigenvalue weighted by Crippen LogP contribution is 2.32. The first-order valence-electron chi connectivity index (χ1n) is 5.45. The standard InChI is InChI=1S/C12H9ClF3NO2S/c13-5-8-7-20-11(17-8)6-18-9-3-1-2-4-10(9)19-12(14,15)16/h1-4,7H,5-6H2. The van der Waals surface area contributed by atoms with Crippen LogP contribution in [0.15, 0.2) is 29.6 Å². The maximum atomic E-state index is 12.2. The Morgan fingerprint density at radius 1 is 1.20 bits per heavy atom. The number of nitrogens with zero attached hydrogens (tertiary/aromatic N) is 1. The van der Waals surface area contributed by atoms with Gasteiger partial charge in [-0.05, 0) is 12.1 Å². The number of ether oxygens (including phenoxy) is 2. The molecule has 2 aromatic rings. The number of para-hydroxylation sites is 2. The average Bonchev–Trinajstić information content (AvgIpc) is 2.84. The molecule has 108 valence electrons. The van der Waals surface area contributed by atoms with Crippen LogP contribution in [-0.4, -0.2) is 11.3 Å². The van der Waals surface area contributed by atoms with Gasteiger partial charge in [-0.1, -0.05) is 12.1 Å². The van der Waals surface area contributed by atoms with Crippen LogP contribution in [0, 0.1) is 0 Å². The number of rotatable bonds is 5. The van der Waals surface area contributed by atoms with Crippen LogP contribution in [0.2, 0.25) is 0 Å². The van der Waals surface area contributed by atoms with Crippen molar-refractivity contribution in [1.29, 1.82) is 0 Å². The van der Waals surface area contributed by atoms with Gasteiger partial charge >= 0.3 is 6.36 Å². The minimum Gasteiger partial charge on any atom is -0.483 e. The Labute approximate surface area is 121 Å². The summed E-state index contributed by atoms with van der Waals surface area (Å²) in [4.78, 5) is 4.15. The lowest BCUT2D eigenvalue weighted by atomic mass is 10.3. The van der Waals surface area contributed by atoms with Crippen LogP contribution in [-0.2, 0) is 12.5 Å². The molecule has 0 saturated carbocycles. The summed E-state index contributed by atoms with van der Waals surface area (Å²) < 4.78 is 45.9. The smallest absolute Gasteiger partial charge is 0.483 e. The summed E-state index contributed by atoms with van der Waals surface area (Å²) in [5.41, 5.74) is 0.704. The van der Waals surface area contributed by atoms with Crippen molar-refractivity contribution >= 4 is 22.9 Å². The van der Waals surface area contributed by atoms with Gasteiger partial charge in [-0.3, -0.25) is 0 Å². The molecule has 0 fully saturated rings. The van der Waals surface area contributed by atoms with Crippen LogP contribution in [0.1, 0.15) is 10.7 Å². The molecule has 0 unspecified atom stereocenters. The second-order valence-electron chi connectivity index (χ2n) is 3.65. The Morgan fingerprint density at radius 2 is 1.90 bits per heavy atom. The molecule has 2 rings (SSSR count). The Kier molecular flexibility index (Phi) is 4.72. The first-order chi connectivity index (χ1) is 9.48. The molecule has 0 amide bonds. The highest BCUT2D eigenvalue weighted by Gasteiger charge is 2.32. The van der Waals surface area contributed by atoms with Gasteiger partial charge in [-0.15, -0.1) is 36.1 Å². The number of thiazole rings is 1. The molecular weight excluding hydrogens is 315 g/mol. The fraction of sp³-hybridized carbons (Fsp3) is 0.250. The lowest BCUT2D eigenvalue weighted by Crippen LogP contribution is -2.17. The molecule has 8 heteroatoms. The van der Waals surface area contributed by atoms with Crippen LogP contribution in [0.4, 0.5) is 13.2 Å². The van der Waals surface area contributed by atoms with E-state index in [0.717, 1.165) is 0 Å². The zero-order valence-corrected chi connectivity index (χ0v) is 11.6. The van der Waals surface area contributed by atoms with E-state index < -0.39 is 6.36 Å². The molecule has 0 atom stereocenters. The van der Waals surface area contributed by atoms with E-state index in [9.17, 15) is 13.2 Å². The van der Waals surface area contributed by atoms with Gasteiger partial charge in [-0.25, -0.2) is 4.98 Å². The van der Waals surface area contributed by atoms with Crippen molar-refractivity contribution in [1.82, 2.24) is 4.98 Å². The van der Waals surface area contributed by atoms with Crippen molar-refractivity contribution in [2.75, 3.05) is 0 Å². The minimum atomic E-state index is -4.76. The van der Waals surface area contributed by atoms with E-state index in [-0.39, 0.29) is 24.0 Å². The Balaban J connectivity index is 2.05. The first kappa shape index (κ1) is 14.9. The summed E-state index contributed by atoms with van der Waals surface area (Å²) in [6.07, 6.45) is -4.76. The minimum absolute atomic E-state index is 0.00690. The third kappa shape index (κ3) is 4.28. The third-order valence-electron chi connectivity index (χ3n) is 2.16. The van der Waals surface area contributed by atoms with Gasteiger partial charge < -0.3 is 9.47 Å². The maximum absolute atomic E-state index is 12.2. The highest BCUT2D eigenvalue weighted by molar-refractivity contribution is 7.09. The van der Waals surface area contributed by atoms with Gasteiger partial charge in [0.15, 0.2) is 11.5 Å². The molecule has 0 bridgehead atoms. The van der Waals surface area contributed by atoms with Crippen LogP contribution in [0.3, 0.4) is 0 Å². The van der Waals surface area contributed by atoms with Gasteiger partial charge in [0.1, 0.15) is 11.6 Å². The molecule has 1 heterocycles. The van der Waals surface area contributed by atoms with Crippen molar-refractivity contribution < 1.29 is 22.6 Å². The molecule has 0 aliphatic carbocycles. The van der Waals surface area contributed by atoms with E-state index in [1.807, 2.05) is 0 Å². The number of hydrogen-bond acceptors (Lipinski definition) is 4. The molecule has 0 saturated heterocycles. The number of halogens is 4. The highest BCUT2D eigenvalue weighted by atomic mass is 35.5. The monoisotopic (exact) mass is 323 g/mol. The second-order valence-corrected chi connectivity index (χ2v) is 4.86. The van der Waals surface area contributed by atoms with Crippen molar-refractivity contribution in [2.24, 2.45) is 0 Å². The third-order valence-corrected chi connectivity index (χ3v) is 3.31. The van der Waals surface area contributed by atoms with Gasteiger partial charge in [0, 0.05) is 5.38 Å². The maximum Gasteiger partial charge on any atom is 0.573 e. The number of benzene rings is 1. The molecule has 3 nitrogen and oxygen atoms in total. The molecule has 1 aromatic heterocycles. The molecular formula is C12H9ClF3NO2S. The quantitative estimate of drug-likeness (QED) is 0.766. The summed E-state index contributed by atoms with van der Waals surface area (Å²) in [7, 11) is 0. The second kappa shape index (κ2) is 6.32. The van der Waals surface area contributed by atoms with E-state index in [2.05, 4.69) is 9.72 Å². The summed E-state index contributed by atoms with van der Waals surface area (Å²) >= 11 is 6.94. The fourth-order valence-corrected chi connectivity index (χ4v) is 2.33. The number of alkyl halides is 4. The van der Waals surface area contributed by atoms with E-state index in [4.69, 9.17) is 16.3 Å². The van der Waals surface area contributed by atoms with Crippen molar-refractivity contribution in [2.45, 2.75) is 18.8 Å². The molecule has 0 aliphatic rings. The molecule has 0 aliphatic heterocycles. The Hall–Kier alpha value is -1.47. The Bertz CT molecular complexity index is 574. The number of aromatic nitrogens is 1. The molecule has 1 aromatic carbocycles. The van der Waals surface area contributed by atoms with Crippen LogP contribution >= 0.6 is 22.9 Å². The van der Waals surface area contributed by atoms with Crippen molar-refractivity contribution in [3.05, 3.63) is 40.3 Å². The zero-order chi connectivity index (χ0) is 14.6. The van der Waals surface area contributed by atoms with Crippen molar-refractivity contribution in [3.8, 4) is 11.5 Å². The number of hydrogen-bond donors (Lipinski definition) is 0. The molecule has 0 spiro atoms. The van der Waals surface area contributed by atoms with Crippen LogP contribution in [0.5, 0.6) is 11.5 Å². The SMILES string of the molecule is FC(F)(F)Oc1ccccc1OCc1nc(CCl)cs1. The molecule has 20 heavy (non-hydrogen) atoms. The summed E-state index contributed by atoms with van der Waals surface area (Å²) in [6, 6.07) is 5.58. The van der Waals surface area contributed by atoms with Gasteiger partial charge in [0.25, 0.3) is 0 Å². The fourth-order valence-electron chi connectivity index (χ4n) is 1.39. The van der Waals surface area contributed by atoms with Gasteiger partial charge in [0.2, 0.25) is 0 Å². The zero-order valence-electron chi connectivity index (χ0n) is 9.98. The summed E-state index contributed by atoms with van der Waals surface area (Å²) in [6.45, 7) is 0.0553. The van der Waals surface area contributed by atoms with Crippen molar-refractivity contribution in [3.63, 3.8) is 0 Å².